The van der Waals surface area contributed by atoms with E-state index in [-0.39, 0.29) is 0 Å². The van der Waals surface area contributed by atoms with Gasteiger partial charge in [0, 0.05) is 0 Å². The minimum Gasteiger partial charge on any atom is -0.490 e. The first-order chi connectivity index (χ1) is 28.7. The summed E-state index contributed by atoms with van der Waals surface area (Å²) in [5.41, 5.74) is 0. The molecule has 2 aliphatic carbocycles. The van der Waals surface area contributed by atoms with E-state index in [1.54, 1.807) is 0 Å². The average Bonchev–Trinajstić information content (AvgIpc) is 3.76. The van der Waals surface area contributed by atoms with Crippen LogP contribution in [0, 0.1) is 41.7 Å². The van der Waals surface area contributed by atoms with E-state index < -0.39 is 0 Å². The molecule has 8 rings (SSSR count). The van der Waals surface area contributed by atoms with Gasteiger partial charge in [0.1, 0.15) is 0 Å². The van der Waals surface area contributed by atoms with Crippen LogP contribution in [-0.2, 0) is 0 Å². The van der Waals surface area contributed by atoms with Gasteiger partial charge >= 0.3 is 0 Å². The normalized spacial score (nSPS) is 12.1. The molecule has 0 saturated carbocycles. The molecule has 304 valence electrons. The van der Waals surface area contributed by atoms with Crippen LogP contribution in [-0.4, -0.2) is 26.4 Å². The Labute approximate surface area is 344 Å². The molecule has 0 saturated heterocycles. The van der Waals surface area contributed by atoms with Crippen molar-refractivity contribution in [3.05, 3.63) is 115 Å². The van der Waals surface area contributed by atoms with E-state index in [1.165, 1.54) is 151 Å². The summed E-state index contributed by atoms with van der Waals surface area (Å²) in [5, 5.41) is 18.0. The van der Waals surface area contributed by atoms with Crippen LogP contribution in [0.2, 0.25) is 0 Å². The van der Waals surface area contributed by atoms with Crippen LogP contribution < -0.4 is 18.9 Å². The molecular weight excluding hydrogens is 713 g/mol. The van der Waals surface area contributed by atoms with Crippen LogP contribution in [0.15, 0.2) is 72.8 Å². The van der Waals surface area contributed by atoms with Crippen LogP contribution in [0.5, 0.6) is 23.0 Å². The fraction of sp³-hybridized carbons (Fsp3) is 0.444. The third kappa shape index (κ3) is 7.76. The lowest BCUT2D eigenvalue weighted by Gasteiger charge is -2.14. The summed E-state index contributed by atoms with van der Waals surface area (Å²) in [6.45, 7) is 11.8. The largest absolute Gasteiger partial charge is 0.490 e. The van der Waals surface area contributed by atoms with Crippen molar-refractivity contribution >= 4 is 32.3 Å². The van der Waals surface area contributed by atoms with Gasteiger partial charge in [0.2, 0.25) is 0 Å². The summed E-state index contributed by atoms with van der Waals surface area (Å²) >= 11 is 0. The van der Waals surface area contributed by atoms with E-state index in [0.717, 1.165) is 48.7 Å². The van der Waals surface area contributed by atoms with Crippen molar-refractivity contribution in [3.8, 4) is 23.0 Å². The Morgan fingerprint density at radius 1 is 0.310 bits per heavy atom. The monoisotopic (exact) mass is 776 g/mol. The molecule has 0 aliphatic heterocycles. The van der Waals surface area contributed by atoms with Crippen molar-refractivity contribution in [2.24, 2.45) is 0 Å². The zero-order valence-corrected chi connectivity index (χ0v) is 35.7. The molecule has 0 spiro atoms. The van der Waals surface area contributed by atoms with Gasteiger partial charge in [0.05, 0.1) is 26.4 Å². The Bertz CT molecular complexity index is 2430. The van der Waals surface area contributed by atoms with Gasteiger partial charge in [-0.15, -0.1) is 0 Å². The lowest BCUT2D eigenvalue weighted by atomic mass is 9.94. The lowest BCUT2D eigenvalue weighted by Crippen LogP contribution is -2.03. The number of rotatable bonds is 24. The number of benzene rings is 6. The smallest absolute Gasteiger partial charge is 0.161 e. The Morgan fingerprint density at radius 3 is 0.776 bits per heavy atom. The van der Waals surface area contributed by atoms with E-state index in [4.69, 9.17) is 18.9 Å². The summed E-state index contributed by atoms with van der Waals surface area (Å²) in [7, 11) is 0. The second-order valence-corrected chi connectivity index (χ2v) is 16.7. The van der Waals surface area contributed by atoms with E-state index in [2.05, 4.69) is 100 Å². The fourth-order valence-corrected chi connectivity index (χ4v) is 9.49. The maximum absolute atomic E-state index is 6.67. The molecule has 0 N–H and O–H groups in total. The lowest BCUT2D eigenvalue weighted by molar-refractivity contribution is 0.258. The van der Waals surface area contributed by atoms with Gasteiger partial charge in [-0.1, -0.05) is 153 Å². The molecule has 0 amide bonds. The van der Waals surface area contributed by atoms with Gasteiger partial charge in [-0.25, -0.2) is 0 Å². The molecule has 0 radical (unpaired) electrons. The van der Waals surface area contributed by atoms with Gasteiger partial charge in [0.15, 0.2) is 23.0 Å². The predicted molar refractivity (Wildman–Crippen MR) is 241 cm³/mol. The van der Waals surface area contributed by atoms with E-state index >= 15 is 0 Å². The molecule has 58 heavy (non-hydrogen) atoms. The zero-order valence-electron chi connectivity index (χ0n) is 35.7. The second-order valence-electron chi connectivity index (χ2n) is 16.7. The van der Waals surface area contributed by atoms with Crippen LogP contribution in [0.4, 0.5) is 0 Å². The molecule has 0 fully saturated rings. The number of hydrogen-bond donors (Lipinski definition) is 0. The van der Waals surface area contributed by atoms with Crippen molar-refractivity contribution in [3.63, 3.8) is 0 Å². The highest BCUT2D eigenvalue weighted by molar-refractivity contribution is 6.08. The molecule has 0 heterocycles. The number of hydrogen-bond acceptors (Lipinski definition) is 4. The van der Waals surface area contributed by atoms with Crippen LogP contribution in [0.3, 0.4) is 0 Å². The van der Waals surface area contributed by atoms with Gasteiger partial charge in [-0.3, -0.25) is 0 Å². The maximum atomic E-state index is 6.67. The molecule has 0 bridgehead atoms. The standard InChI is InChI=1S/C54H64O4/c1-5-9-13-21-29-55-45-33-41-42(34-46(45)56-30-22-14-10-6-2)50-39-27-19-20-28-40(39)52-44-36-48(58-32-24-16-12-8-4)47(57-31-23-15-11-7-3)35-43(44)51-38-26-18-17-25-37(38)49(41)53(50)54(51)52/h17-20,25-28,33-36H,5-16,21-24,29-32H2,1-4H3. The second kappa shape index (κ2) is 18.9. The molecule has 0 aromatic heterocycles. The van der Waals surface area contributed by atoms with Crippen molar-refractivity contribution in [1.29, 1.82) is 0 Å². The summed E-state index contributed by atoms with van der Waals surface area (Å²) in [6.07, 6.45) is 18.7. The number of ether oxygens (including phenoxy) is 4. The molecule has 2 aliphatic rings. The quantitative estimate of drug-likeness (QED) is 0.0452. The Kier molecular flexibility index (Phi) is 13.1. The zero-order chi connectivity index (χ0) is 39.8. The fourth-order valence-electron chi connectivity index (χ4n) is 9.49. The highest BCUT2D eigenvalue weighted by atomic mass is 16.5. The third-order valence-corrected chi connectivity index (χ3v) is 12.4. The molecule has 4 heteroatoms. The molecule has 0 unspecified atom stereocenters. The van der Waals surface area contributed by atoms with E-state index in [1.807, 2.05) is 0 Å². The predicted octanol–water partition coefficient (Wildman–Crippen LogP) is 14.8. The summed E-state index contributed by atoms with van der Waals surface area (Å²) in [6, 6.07) is 27.4. The molecule has 6 aromatic rings. The number of fused-ring (bicyclic) bond motifs is 8. The molecule has 0 atom stereocenters. The Morgan fingerprint density at radius 2 is 0.552 bits per heavy atom. The topological polar surface area (TPSA) is 36.9 Å². The number of unbranched alkanes of at least 4 members (excludes halogenated alkanes) is 12. The average molecular weight is 777 g/mol. The van der Waals surface area contributed by atoms with Crippen molar-refractivity contribution in [2.45, 2.75) is 130 Å². The van der Waals surface area contributed by atoms with Crippen LogP contribution in [0.25, 0.3) is 32.3 Å². The van der Waals surface area contributed by atoms with Gasteiger partial charge in [0.25, 0.3) is 0 Å². The SMILES string of the molecule is CCCCCCOc1cc2c(cc1OCCCCCC)=c1c3ccccc3c3c4c(c5ccccc5c=2c14)=c1cc(OCCCCCC)c(OCCCCCC)cc1=3. The van der Waals surface area contributed by atoms with Gasteiger partial charge in [-0.2, -0.15) is 0 Å². The summed E-state index contributed by atoms with van der Waals surface area (Å²) < 4.78 is 26.7. The molecule has 4 nitrogen and oxygen atoms in total. The Balaban J connectivity index is 1.42. The maximum Gasteiger partial charge on any atom is 0.161 e. The molecular formula is C54H64O4. The van der Waals surface area contributed by atoms with E-state index in [0.29, 0.717) is 26.4 Å². The highest BCUT2D eigenvalue weighted by Gasteiger charge is 2.23. The molecule has 6 aromatic carbocycles. The van der Waals surface area contributed by atoms with Gasteiger partial charge < -0.3 is 18.9 Å². The van der Waals surface area contributed by atoms with E-state index in [9.17, 15) is 0 Å². The third-order valence-electron chi connectivity index (χ3n) is 12.4. The minimum absolute atomic E-state index is 0.696. The Hall–Kier alpha value is -4.70. The summed E-state index contributed by atoms with van der Waals surface area (Å²) in [5.74, 6) is 3.46. The minimum atomic E-state index is 0.696. The van der Waals surface area contributed by atoms with Crippen molar-refractivity contribution in [2.75, 3.05) is 26.4 Å². The van der Waals surface area contributed by atoms with Crippen LogP contribution in [0.1, 0.15) is 130 Å². The van der Waals surface area contributed by atoms with Crippen molar-refractivity contribution in [1.82, 2.24) is 0 Å². The van der Waals surface area contributed by atoms with Crippen molar-refractivity contribution < 1.29 is 18.9 Å². The van der Waals surface area contributed by atoms with Gasteiger partial charge in [-0.05, 0) is 124 Å². The van der Waals surface area contributed by atoms with Crippen LogP contribution >= 0.6 is 0 Å². The first-order valence-electron chi connectivity index (χ1n) is 23.0. The highest BCUT2D eigenvalue weighted by Crippen LogP contribution is 2.43. The summed E-state index contributed by atoms with van der Waals surface area (Å²) in [4.78, 5) is 0. The first kappa shape index (κ1) is 40.1. The first-order valence-corrected chi connectivity index (χ1v) is 23.0.